The van der Waals surface area contributed by atoms with Gasteiger partial charge in [0.15, 0.2) is 0 Å². The van der Waals surface area contributed by atoms with Crippen molar-refractivity contribution in [3.05, 3.63) is 34.4 Å². The molecule has 0 bridgehead atoms. The molecule has 1 fully saturated rings. The van der Waals surface area contributed by atoms with E-state index in [0.717, 1.165) is 25.0 Å². The molecular formula is C32H54N4O3. The summed E-state index contributed by atoms with van der Waals surface area (Å²) < 4.78 is 6.55. The van der Waals surface area contributed by atoms with Crippen molar-refractivity contribution in [3.8, 4) is 0 Å². The summed E-state index contributed by atoms with van der Waals surface area (Å²) in [6, 6.07) is 0.633. The fourth-order valence-electron chi connectivity index (χ4n) is 6.76. The SMILES string of the molecule is CN1CCN(C2CCC3=C(C2)NC(C2=CC(C(C)(C)C)=C(OCCCC(=O)O)C(C)(C(C)(C)C)C2)N3C)CC1. The predicted molar refractivity (Wildman–Crippen MR) is 158 cm³/mol. The summed E-state index contributed by atoms with van der Waals surface area (Å²) in [4.78, 5) is 18.8. The fourth-order valence-corrected chi connectivity index (χ4v) is 6.76. The summed E-state index contributed by atoms with van der Waals surface area (Å²) in [7, 11) is 4.50. The highest BCUT2D eigenvalue weighted by molar-refractivity contribution is 5.66. The summed E-state index contributed by atoms with van der Waals surface area (Å²) in [5.41, 5.74) is 5.24. The maximum absolute atomic E-state index is 11.1. The minimum atomic E-state index is -0.769. The van der Waals surface area contributed by atoms with Crippen LogP contribution < -0.4 is 5.32 Å². The number of carboxylic acids is 1. The molecule has 0 spiro atoms. The zero-order valence-corrected chi connectivity index (χ0v) is 26.1. The molecule has 4 rings (SSSR count). The Balaban J connectivity index is 1.60. The summed E-state index contributed by atoms with van der Waals surface area (Å²) >= 11 is 0. The Morgan fingerprint density at radius 3 is 2.38 bits per heavy atom. The average molecular weight is 543 g/mol. The van der Waals surface area contributed by atoms with E-state index in [4.69, 9.17) is 9.84 Å². The summed E-state index contributed by atoms with van der Waals surface area (Å²) in [6.07, 6.45) is 7.62. The van der Waals surface area contributed by atoms with Crippen LogP contribution in [-0.4, -0.2) is 84.9 Å². The van der Waals surface area contributed by atoms with Gasteiger partial charge in [-0.15, -0.1) is 0 Å². The molecule has 1 saturated heterocycles. The molecule has 0 radical (unpaired) electrons. The van der Waals surface area contributed by atoms with Gasteiger partial charge in [-0.3, -0.25) is 9.69 Å². The van der Waals surface area contributed by atoms with Crippen LogP contribution in [0.5, 0.6) is 0 Å². The first-order valence-corrected chi connectivity index (χ1v) is 15.1. The number of allylic oxidation sites excluding steroid dienone is 4. The lowest BCUT2D eigenvalue weighted by Crippen LogP contribution is -2.50. The lowest BCUT2D eigenvalue weighted by molar-refractivity contribution is -0.137. The number of aliphatic carboxylic acids is 1. The van der Waals surface area contributed by atoms with Crippen LogP contribution >= 0.6 is 0 Å². The van der Waals surface area contributed by atoms with Crippen LogP contribution in [-0.2, 0) is 9.53 Å². The van der Waals surface area contributed by atoms with Gasteiger partial charge in [-0.05, 0) is 54.7 Å². The third-order valence-corrected chi connectivity index (χ3v) is 9.91. The predicted octanol–water partition coefficient (Wildman–Crippen LogP) is 5.42. The van der Waals surface area contributed by atoms with Crippen molar-refractivity contribution in [3.63, 3.8) is 0 Å². The highest BCUT2D eigenvalue weighted by atomic mass is 16.5. The van der Waals surface area contributed by atoms with E-state index in [1.165, 1.54) is 55.1 Å². The highest BCUT2D eigenvalue weighted by Crippen LogP contribution is 2.56. The van der Waals surface area contributed by atoms with Gasteiger partial charge in [0.25, 0.3) is 0 Å². The number of rotatable bonds is 7. The number of likely N-dealkylation sites (N-methyl/N-ethyl adjacent to an activating group) is 2. The van der Waals surface area contributed by atoms with E-state index in [9.17, 15) is 4.79 Å². The Bertz CT molecular complexity index is 1020. The van der Waals surface area contributed by atoms with Crippen molar-refractivity contribution >= 4 is 5.97 Å². The number of carbonyl (C=O) groups is 1. The number of ether oxygens (including phenoxy) is 1. The van der Waals surface area contributed by atoms with Gasteiger partial charge in [0.05, 0.1) is 6.61 Å². The van der Waals surface area contributed by atoms with E-state index in [-0.39, 0.29) is 28.8 Å². The largest absolute Gasteiger partial charge is 0.497 e. The molecule has 0 amide bonds. The van der Waals surface area contributed by atoms with E-state index >= 15 is 0 Å². The first-order valence-electron chi connectivity index (χ1n) is 15.1. The maximum atomic E-state index is 11.1. The molecule has 2 N–H and O–H groups in total. The quantitative estimate of drug-likeness (QED) is 0.416. The van der Waals surface area contributed by atoms with Crippen molar-refractivity contribution < 1.29 is 14.6 Å². The Hall–Kier alpha value is -1.99. The minimum absolute atomic E-state index is 0.0398. The normalized spacial score (nSPS) is 29.4. The molecule has 0 aromatic rings. The third kappa shape index (κ3) is 6.19. The minimum Gasteiger partial charge on any atom is -0.497 e. The van der Waals surface area contributed by atoms with Gasteiger partial charge in [0.1, 0.15) is 11.9 Å². The fraction of sp³-hybridized carbons (Fsp3) is 0.781. The van der Waals surface area contributed by atoms with Crippen LogP contribution in [0.2, 0.25) is 0 Å². The van der Waals surface area contributed by atoms with Crippen LogP contribution in [0.4, 0.5) is 0 Å². The van der Waals surface area contributed by atoms with Crippen LogP contribution in [0.25, 0.3) is 0 Å². The number of hydrogen-bond acceptors (Lipinski definition) is 6. The average Bonchev–Trinajstić information content (AvgIpc) is 3.17. The first kappa shape index (κ1) is 30.0. The van der Waals surface area contributed by atoms with Crippen LogP contribution in [0, 0.1) is 16.2 Å². The van der Waals surface area contributed by atoms with Crippen LogP contribution in [0.1, 0.15) is 87.0 Å². The standard InChI is InChI=1S/C32H54N4O3/c1-30(2,3)24-19-22(21-32(7,31(4,5)6)28(24)39-18-10-11-27(37)38)29-33-25-20-23(12-13-26(25)35(29)9)36-16-14-34(8)15-17-36/h19,23,29,33H,10-18,20-21H2,1-9H3,(H,37,38). The van der Waals surface area contributed by atoms with Gasteiger partial charge in [0, 0.05) is 68.9 Å². The third-order valence-electron chi connectivity index (χ3n) is 9.91. The molecule has 39 heavy (non-hydrogen) atoms. The second-order valence-corrected chi connectivity index (χ2v) is 14.6. The summed E-state index contributed by atoms with van der Waals surface area (Å²) in [5, 5.41) is 13.1. The van der Waals surface area contributed by atoms with Gasteiger partial charge >= 0.3 is 5.97 Å². The molecular weight excluding hydrogens is 488 g/mol. The second kappa shape index (κ2) is 11.1. The number of carboxylic acid groups (broad SMARTS) is 1. The summed E-state index contributed by atoms with van der Waals surface area (Å²) in [5.74, 6) is 0.278. The molecule has 3 unspecified atom stereocenters. The smallest absolute Gasteiger partial charge is 0.303 e. The van der Waals surface area contributed by atoms with Gasteiger partial charge in [0.2, 0.25) is 0 Å². The molecule has 2 aliphatic heterocycles. The zero-order chi connectivity index (χ0) is 28.8. The highest BCUT2D eigenvalue weighted by Gasteiger charge is 2.49. The van der Waals surface area contributed by atoms with Gasteiger partial charge in [-0.25, -0.2) is 0 Å². The van der Waals surface area contributed by atoms with E-state index in [1.54, 1.807) is 0 Å². The topological polar surface area (TPSA) is 68.3 Å². The molecule has 3 atom stereocenters. The Morgan fingerprint density at radius 1 is 1.13 bits per heavy atom. The lowest BCUT2D eigenvalue weighted by Gasteiger charge is -2.49. The Kier molecular flexibility index (Phi) is 8.55. The number of nitrogens with zero attached hydrogens (tertiary/aromatic N) is 3. The molecule has 0 aromatic carbocycles. The van der Waals surface area contributed by atoms with Crippen LogP contribution in [0.15, 0.2) is 34.4 Å². The van der Waals surface area contributed by atoms with E-state index in [2.05, 4.69) is 88.7 Å². The van der Waals surface area contributed by atoms with Gasteiger partial charge < -0.3 is 25.0 Å². The first-order chi connectivity index (χ1) is 18.1. The molecule has 0 aromatic heterocycles. The Labute approximate surface area is 237 Å². The van der Waals surface area contributed by atoms with E-state index < -0.39 is 5.97 Å². The number of nitrogens with one attached hydrogen (secondary N) is 1. The Morgan fingerprint density at radius 2 is 1.79 bits per heavy atom. The number of hydrogen-bond donors (Lipinski definition) is 2. The second-order valence-electron chi connectivity index (χ2n) is 14.6. The van der Waals surface area contributed by atoms with Gasteiger partial charge in [-0.2, -0.15) is 0 Å². The zero-order valence-electron chi connectivity index (χ0n) is 26.1. The molecule has 0 saturated carbocycles. The summed E-state index contributed by atoms with van der Waals surface area (Å²) in [6.45, 7) is 21.2. The van der Waals surface area contributed by atoms with E-state index in [1.807, 2.05) is 0 Å². The van der Waals surface area contributed by atoms with E-state index in [0.29, 0.717) is 19.1 Å². The molecule has 7 nitrogen and oxygen atoms in total. The van der Waals surface area contributed by atoms with Crippen LogP contribution in [0.3, 0.4) is 0 Å². The number of piperazine rings is 1. The molecule has 7 heteroatoms. The maximum Gasteiger partial charge on any atom is 0.303 e. The van der Waals surface area contributed by atoms with Crippen molar-refractivity contribution in [2.24, 2.45) is 16.2 Å². The molecule has 220 valence electrons. The van der Waals surface area contributed by atoms with Crippen molar-refractivity contribution in [2.75, 3.05) is 46.9 Å². The molecule has 2 aliphatic carbocycles. The monoisotopic (exact) mass is 542 g/mol. The molecule has 4 aliphatic rings. The van der Waals surface area contributed by atoms with Crippen molar-refractivity contribution in [1.82, 2.24) is 20.0 Å². The lowest BCUT2D eigenvalue weighted by atomic mass is 9.59. The van der Waals surface area contributed by atoms with Crippen molar-refractivity contribution in [1.29, 1.82) is 0 Å². The van der Waals surface area contributed by atoms with Gasteiger partial charge in [-0.1, -0.05) is 54.5 Å². The molecule has 2 heterocycles. The van der Waals surface area contributed by atoms with Crippen molar-refractivity contribution in [2.45, 2.75) is 99.2 Å².